The number of H-pyrrole nitrogens is 1. The summed E-state index contributed by atoms with van der Waals surface area (Å²) >= 11 is 6.36. The Morgan fingerprint density at radius 1 is 1.23 bits per heavy atom. The fourth-order valence-electron chi connectivity index (χ4n) is 5.15. The molecule has 0 saturated carbocycles. The van der Waals surface area contributed by atoms with Gasteiger partial charge in [0.05, 0.1) is 35.2 Å². The van der Waals surface area contributed by atoms with Gasteiger partial charge in [-0.05, 0) is 18.9 Å². The molecule has 0 spiro atoms. The second-order valence-electron chi connectivity index (χ2n) is 8.81. The molecule has 2 aliphatic heterocycles. The zero-order chi connectivity index (χ0) is 23.9. The number of nitriles is 1. The molecule has 0 bridgehead atoms. The third-order valence-corrected chi connectivity index (χ3v) is 7.19. The van der Waals surface area contributed by atoms with E-state index in [0.717, 1.165) is 32.5 Å². The molecule has 35 heavy (non-hydrogen) atoms. The number of aromatic amines is 1. The number of fused-ring (bicyclic) bond motifs is 2. The molecular formula is C23H24ClN9O2. The van der Waals surface area contributed by atoms with Crippen LogP contribution < -0.4 is 10.5 Å². The lowest BCUT2D eigenvalue weighted by Crippen LogP contribution is -2.41. The van der Waals surface area contributed by atoms with Crippen LogP contribution in [0.15, 0.2) is 29.6 Å². The molecule has 6 rings (SSSR count). The zero-order valence-electron chi connectivity index (χ0n) is 19.0. The van der Waals surface area contributed by atoms with Gasteiger partial charge in [-0.2, -0.15) is 10.4 Å². The number of nitrogens with zero attached hydrogens (tertiary/aromatic N) is 8. The monoisotopic (exact) mass is 493 g/mol. The molecule has 0 radical (unpaired) electrons. The minimum absolute atomic E-state index is 0.155. The van der Waals surface area contributed by atoms with Crippen LogP contribution in [0.4, 0.5) is 5.82 Å². The van der Waals surface area contributed by atoms with Gasteiger partial charge in [0.2, 0.25) is 0 Å². The third kappa shape index (κ3) is 3.74. The normalized spacial score (nSPS) is 19.1. The minimum atomic E-state index is -0.183. The van der Waals surface area contributed by atoms with E-state index >= 15 is 0 Å². The van der Waals surface area contributed by atoms with Gasteiger partial charge in [0.1, 0.15) is 29.4 Å². The number of nitrogens with one attached hydrogen (secondary N) is 1. The number of hydrogen-bond donors (Lipinski definition) is 1. The van der Waals surface area contributed by atoms with E-state index in [9.17, 15) is 10.1 Å². The Bertz CT molecular complexity index is 1490. The van der Waals surface area contributed by atoms with Crippen molar-refractivity contribution < 1.29 is 4.74 Å². The van der Waals surface area contributed by atoms with Crippen molar-refractivity contribution in [2.75, 3.05) is 44.3 Å². The van der Waals surface area contributed by atoms with Crippen LogP contribution in [0.25, 0.3) is 16.6 Å². The first kappa shape index (κ1) is 22.0. The van der Waals surface area contributed by atoms with Gasteiger partial charge in [0.15, 0.2) is 5.82 Å². The SMILES string of the molecule is N#Cc1c[nH]c2ncnc(N3CCC[C@H]3c3nn4ccc(Cl)c4c(=O)n3CCN3CCOCC3)c12. The number of ether oxygens (including phenoxy) is 1. The van der Waals surface area contributed by atoms with Crippen molar-refractivity contribution in [2.45, 2.75) is 25.4 Å². The van der Waals surface area contributed by atoms with E-state index in [4.69, 9.17) is 21.4 Å². The summed E-state index contributed by atoms with van der Waals surface area (Å²) in [5, 5.41) is 15.6. The Hall–Kier alpha value is -3.46. The van der Waals surface area contributed by atoms with Crippen LogP contribution in [-0.4, -0.2) is 73.4 Å². The summed E-state index contributed by atoms with van der Waals surface area (Å²) in [4.78, 5) is 30.0. The molecule has 2 saturated heterocycles. The highest BCUT2D eigenvalue weighted by Gasteiger charge is 2.34. The van der Waals surface area contributed by atoms with E-state index in [-0.39, 0.29) is 11.6 Å². The van der Waals surface area contributed by atoms with Crippen LogP contribution >= 0.6 is 11.6 Å². The fourth-order valence-corrected chi connectivity index (χ4v) is 5.37. The molecule has 0 aliphatic carbocycles. The van der Waals surface area contributed by atoms with Crippen molar-refractivity contribution in [1.29, 1.82) is 5.26 Å². The van der Waals surface area contributed by atoms with Gasteiger partial charge < -0.3 is 14.6 Å². The minimum Gasteiger partial charge on any atom is -0.379 e. The smallest absolute Gasteiger partial charge is 0.279 e. The molecule has 0 aromatic carbocycles. The summed E-state index contributed by atoms with van der Waals surface area (Å²) in [5.74, 6) is 1.34. The maximum Gasteiger partial charge on any atom is 0.279 e. The summed E-state index contributed by atoms with van der Waals surface area (Å²) in [6.07, 6.45) is 6.59. The van der Waals surface area contributed by atoms with Crippen molar-refractivity contribution in [1.82, 2.24) is 34.0 Å². The molecule has 0 unspecified atom stereocenters. The molecule has 4 aromatic rings. The summed E-state index contributed by atoms with van der Waals surface area (Å²) in [7, 11) is 0. The van der Waals surface area contributed by atoms with Crippen molar-refractivity contribution in [3.05, 3.63) is 51.6 Å². The van der Waals surface area contributed by atoms with Crippen molar-refractivity contribution >= 4 is 34.0 Å². The highest BCUT2D eigenvalue weighted by Crippen LogP contribution is 2.38. The molecule has 1 atom stereocenters. The standard InChI is InChI=1S/C23H24ClN9O2/c24-16-3-5-33-19(16)23(34)32(7-6-30-8-10-35-11-9-30)21(29-33)17-2-1-4-31(17)22-18-15(12-25)13-26-20(18)27-14-28-22/h3,5,13-14,17H,1-2,4,6-11H2,(H,26,27,28)/t17-/m0/s1. The Morgan fingerprint density at radius 3 is 2.91 bits per heavy atom. The molecule has 6 heterocycles. The largest absolute Gasteiger partial charge is 0.379 e. The summed E-state index contributed by atoms with van der Waals surface area (Å²) in [6, 6.07) is 3.74. The van der Waals surface area contributed by atoms with Gasteiger partial charge in [-0.3, -0.25) is 14.3 Å². The lowest BCUT2D eigenvalue weighted by molar-refractivity contribution is 0.0361. The second kappa shape index (κ2) is 8.96. The predicted octanol–water partition coefficient (Wildman–Crippen LogP) is 1.97. The van der Waals surface area contributed by atoms with Crippen LogP contribution in [0.3, 0.4) is 0 Å². The molecule has 12 heteroatoms. The number of anilines is 1. The molecule has 0 amide bonds. The highest BCUT2D eigenvalue weighted by molar-refractivity contribution is 6.33. The van der Waals surface area contributed by atoms with Gasteiger partial charge in [0, 0.05) is 45.1 Å². The van der Waals surface area contributed by atoms with Crippen LogP contribution in [0.5, 0.6) is 0 Å². The average molecular weight is 494 g/mol. The zero-order valence-corrected chi connectivity index (χ0v) is 19.8. The Kier molecular flexibility index (Phi) is 5.64. The van der Waals surface area contributed by atoms with E-state index < -0.39 is 0 Å². The number of halogens is 1. The van der Waals surface area contributed by atoms with Crippen LogP contribution in [-0.2, 0) is 11.3 Å². The summed E-state index contributed by atoms with van der Waals surface area (Å²) in [6.45, 7) is 5.01. The molecule has 2 fully saturated rings. The Balaban J connectivity index is 1.45. The summed E-state index contributed by atoms with van der Waals surface area (Å²) in [5.41, 5.74) is 1.33. The maximum absolute atomic E-state index is 13.7. The van der Waals surface area contributed by atoms with Crippen molar-refractivity contribution in [3.63, 3.8) is 0 Å². The van der Waals surface area contributed by atoms with Gasteiger partial charge in [-0.1, -0.05) is 11.6 Å². The first-order valence-corrected chi connectivity index (χ1v) is 12.1. The van der Waals surface area contributed by atoms with Crippen LogP contribution in [0.1, 0.15) is 30.3 Å². The Labute approximate surface area is 205 Å². The molecular weight excluding hydrogens is 470 g/mol. The number of aromatic nitrogens is 6. The molecule has 4 aromatic heterocycles. The van der Waals surface area contributed by atoms with Crippen LogP contribution in [0.2, 0.25) is 5.02 Å². The van der Waals surface area contributed by atoms with Gasteiger partial charge in [-0.15, -0.1) is 0 Å². The van der Waals surface area contributed by atoms with E-state index in [0.29, 0.717) is 65.1 Å². The molecule has 2 aliphatic rings. The van der Waals surface area contributed by atoms with Gasteiger partial charge >= 0.3 is 0 Å². The topological polar surface area (TPSA) is 120 Å². The lowest BCUT2D eigenvalue weighted by atomic mass is 10.1. The van der Waals surface area contributed by atoms with Crippen LogP contribution in [0, 0.1) is 11.3 Å². The van der Waals surface area contributed by atoms with E-state index in [2.05, 4.69) is 30.8 Å². The van der Waals surface area contributed by atoms with Crippen molar-refractivity contribution in [3.8, 4) is 6.07 Å². The molecule has 1 N–H and O–H groups in total. The third-order valence-electron chi connectivity index (χ3n) is 6.89. The van der Waals surface area contributed by atoms with Gasteiger partial charge in [-0.25, -0.2) is 14.5 Å². The number of morpholine rings is 1. The van der Waals surface area contributed by atoms with E-state index in [1.165, 1.54) is 6.33 Å². The Morgan fingerprint density at radius 2 is 2.09 bits per heavy atom. The number of rotatable bonds is 5. The van der Waals surface area contributed by atoms with E-state index in [1.807, 2.05) is 0 Å². The first-order valence-electron chi connectivity index (χ1n) is 11.7. The first-order chi connectivity index (χ1) is 17.2. The number of hydrogen-bond acceptors (Lipinski definition) is 8. The average Bonchev–Trinajstić information content (AvgIpc) is 3.62. The lowest BCUT2D eigenvalue weighted by Gasteiger charge is -2.29. The predicted molar refractivity (Wildman–Crippen MR) is 130 cm³/mol. The maximum atomic E-state index is 13.7. The summed E-state index contributed by atoms with van der Waals surface area (Å²) < 4.78 is 8.81. The van der Waals surface area contributed by atoms with Gasteiger partial charge in [0.25, 0.3) is 5.56 Å². The molecule has 11 nitrogen and oxygen atoms in total. The molecule has 180 valence electrons. The highest BCUT2D eigenvalue weighted by atomic mass is 35.5. The fraction of sp³-hybridized carbons (Fsp3) is 0.435. The van der Waals surface area contributed by atoms with Crippen molar-refractivity contribution in [2.24, 2.45) is 0 Å². The second-order valence-corrected chi connectivity index (χ2v) is 9.22. The quantitative estimate of drug-likeness (QED) is 0.448. The van der Waals surface area contributed by atoms with E-state index in [1.54, 1.807) is 27.5 Å².